The summed E-state index contributed by atoms with van der Waals surface area (Å²) in [5, 5.41) is 11.1. The molecule has 1 aromatic heterocycles. The number of carbonyl (C=O) groups excluding carboxylic acids is 2. The zero-order valence-electron chi connectivity index (χ0n) is 16.8. The number of aromatic nitrogens is 2. The Bertz CT molecular complexity index is 787. The van der Waals surface area contributed by atoms with E-state index in [1.54, 1.807) is 34.9 Å². The lowest BCUT2D eigenvalue weighted by molar-refractivity contribution is -0.125. The van der Waals surface area contributed by atoms with E-state index in [1.807, 2.05) is 30.3 Å². The number of carbonyl (C=O) groups is 2. The highest BCUT2D eigenvalue weighted by Crippen LogP contribution is 2.23. The van der Waals surface area contributed by atoms with E-state index in [0.717, 1.165) is 17.3 Å². The number of hydrogen-bond acceptors (Lipinski definition) is 7. The Morgan fingerprint density at radius 1 is 1.21 bits per heavy atom. The van der Waals surface area contributed by atoms with Crippen LogP contribution in [0.4, 0.5) is 4.79 Å². The van der Waals surface area contributed by atoms with Crippen molar-refractivity contribution in [3.63, 3.8) is 0 Å². The fraction of sp³-hybridized carbons (Fsp3) is 0.474. The second-order valence-electron chi connectivity index (χ2n) is 7.37. The molecule has 2 rings (SSSR count). The fourth-order valence-corrected chi connectivity index (χ4v) is 2.92. The molecule has 0 radical (unpaired) electrons. The number of thioether (sulfide) groups is 1. The van der Waals surface area contributed by atoms with Crippen LogP contribution < -0.4 is 5.32 Å². The molecule has 0 saturated carbocycles. The van der Waals surface area contributed by atoms with Crippen LogP contribution in [0.3, 0.4) is 0 Å². The van der Waals surface area contributed by atoms with E-state index in [1.165, 1.54) is 4.90 Å². The topological polar surface area (TPSA) is 97.6 Å². The molecule has 0 saturated heterocycles. The zero-order chi connectivity index (χ0) is 20.7. The van der Waals surface area contributed by atoms with Crippen molar-refractivity contribution in [2.45, 2.75) is 44.1 Å². The largest absolute Gasteiger partial charge is 0.444 e. The Morgan fingerprint density at radius 3 is 2.50 bits per heavy atom. The van der Waals surface area contributed by atoms with Gasteiger partial charge in [-0.05, 0) is 26.3 Å². The Morgan fingerprint density at radius 2 is 1.89 bits per heavy atom. The SMILES string of the molecule is CN(C)C(=O)CSc1nnc([C@@H](Cc2ccccc2)NC(=O)OC(C)(C)C)o1. The molecule has 0 aliphatic heterocycles. The van der Waals surface area contributed by atoms with E-state index in [0.29, 0.717) is 6.42 Å². The quantitative estimate of drug-likeness (QED) is 0.706. The van der Waals surface area contributed by atoms with Crippen LogP contribution in [0, 0.1) is 0 Å². The monoisotopic (exact) mass is 406 g/mol. The van der Waals surface area contributed by atoms with Crippen LogP contribution >= 0.6 is 11.8 Å². The van der Waals surface area contributed by atoms with Gasteiger partial charge in [0.2, 0.25) is 11.8 Å². The first kappa shape index (κ1) is 21.7. The van der Waals surface area contributed by atoms with E-state index >= 15 is 0 Å². The molecular formula is C19H26N4O4S. The molecule has 2 amide bonds. The van der Waals surface area contributed by atoms with Crippen LogP contribution in [0.15, 0.2) is 40.0 Å². The summed E-state index contributed by atoms with van der Waals surface area (Å²) in [6, 6.07) is 9.10. The first-order valence-electron chi connectivity index (χ1n) is 8.84. The third kappa shape index (κ3) is 7.22. The summed E-state index contributed by atoms with van der Waals surface area (Å²) in [5.74, 6) is 0.393. The number of nitrogens with zero attached hydrogens (tertiary/aromatic N) is 3. The van der Waals surface area contributed by atoms with Gasteiger partial charge in [0.15, 0.2) is 0 Å². The number of nitrogens with one attached hydrogen (secondary N) is 1. The smallest absolute Gasteiger partial charge is 0.408 e. The van der Waals surface area contributed by atoms with Gasteiger partial charge in [-0.25, -0.2) is 4.79 Å². The molecule has 28 heavy (non-hydrogen) atoms. The molecule has 0 bridgehead atoms. The third-order valence-electron chi connectivity index (χ3n) is 3.51. The number of alkyl carbamates (subject to hydrolysis) is 1. The zero-order valence-corrected chi connectivity index (χ0v) is 17.6. The average molecular weight is 407 g/mol. The number of ether oxygens (including phenoxy) is 1. The summed E-state index contributed by atoms with van der Waals surface area (Å²) in [4.78, 5) is 25.5. The summed E-state index contributed by atoms with van der Waals surface area (Å²) >= 11 is 1.15. The molecule has 0 aliphatic carbocycles. The van der Waals surface area contributed by atoms with Gasteiger partial charge in [0.25, 0.3) is 5.22 Å². The number of benzene rings is 1. The van der Waals surface area contributed by atoms with Gasteiger partial charge < -0.3 is 19.4 Å². The Labute approximate surface area is 169 Å². The Hall–Kier alpha value is -2.55. The van der Waals surface area contributed by atoms with Crippen molar-refractivity contribution in [1.29, 1.82) is 0 Å². The summed E-state index contributed by atoms with van der Waals surface area (Å²) < 4.78 is 11.0. The van der Waals surface area contributed by atoms with Gasteiger partial charge in [-0.2, -0.15) is 0 Å². The maximum Gasteiger partial charge on any atom is 0.408 e. The lowest BCUT2D eigenvalue weighted by Gasteiger charge is -2.22. The Balaban J connectivity index is 2.12. The second-order valence-corrected chi connectivity index (χ2v) is 8.30. The maximum absolute atomic E-state index is 12.3. The first-order chi connectivity index (χ1) is 13.1. The number of rotatable bonds is 7. The van der Waals surface area contributed by atoms with Gasteiger partial charge in [0, 0.05) is 20.5 Å². The van der Waals surface area contributed by atoms with Crippen LogP contribution in [0.25, 0.3) is 0 Å². The van der Waals surface area contributed by atoms with Crippen LogP contribution in [-0.4, -0.2) is 52.5 Å². The summed E-state index contributed by atoms with van der Waals surface area (Å²) in [7, 11) is 3.37. The predicted octanol–water partition coefficient (Wildman–Crippen LogP) is 3.06. The molecule has 9 heteroatoms. The van der Waals surface area contributed by atoms with Gasteiger partial charge in [0.1, 0.15) is 11.6 Å². The van der Waals surface area contributed by atoms with Crippen molar-refractivity contribution in [3.05, 3.63) is 41.8 Å². The fourth-order valence-electron chi connectivity index (χ4n) is 2.17. The van der Waals surface area contributed by atoms with Crippen molar-refractivity contribution in [1.82, 2.24) is 20.4 Å². The average Bonchev–Trinajstić information content (AvgIpc) is 3.07. The number of hydrogen-bond donors (Lipinski definition) is 1. The van der Waals surface area contributed by atoms with Gasteiger partial charge in [-0.1, -0.05) is 42.1 Å². The highest BCUT2D eigenvalue weighted by molar-refractivity contribution is 7.99. The van der Waals surface area contributed by atoms with Crippen LogP contribution in [-0.2, 0) is 16.0 Å². The molecule has 1 atom stereocenters. The van der Waals surface area contributed by atoms with E-state index < -0.39 is 17.7 Å². The normalized spacial score (nSPS) is 12.3. The second kappa shape index (κ2) is 9.59. The predicted molar refractivity (Wildman–Crippen MR) is 106 cm³/mol. The molecule has 1 N–H and O–H groups in total. The molecular weight excluding hydrogens is 380 g/mol. The van der Waals surface area contributed by atoms with Gasteiger partial charge >= 0.3 is 6.09 Å². The molecule has 0 fully saturated rings. The molecule has 0 spiro atoms. The molecule has 2 aromatic rings. The van der Waals surface area contributed by atoms with Crippen molar-refractivity contribution in [2.24, 2.45) is 0 Å². The summed E-state index contributed by atoms with van der Waals surface area (Å²) in [5.41, 5.74) is 0.378. The minimum absolute atomic E-state index is 0.0579. The Kier molecular flexibility index (Phi) is 7.45. The standard InChI is InChI=1S/C19H26N4O4S/c1-19(2,3)27-17(25)20-14(11-13-9-7-6-8-10-13)16-21-22-18(26-16)28-12-15(24)23(4)5/h6-10,14H,11-12H2,1-5H3,(H,20,25)/t14-/m1/s1. The summed E-state index contributed by atoms with van der Waals surface area (Å²) in [6.45, 7) is 5.38. The van der Waals surface area contributed by atoms with Gasteiger partial charge in [0.05, 0.1) is 5.75 Å². The maximum atomic E-state index is 12.3. The molecule has 1 heterocycles. The molecule has 0 aliphatic rings. The van der Waals surface area contributed by atoms with Crippen molar-refractivity contribution < 1.29 is 18.7 Å². The van der Waals surface area contributed by atoms with Gasteiger partial charge in [-0.15, -0.1) is 10.2 Å². The van der Waals surface area contributed by atoms with Gasteiger partial charge in [-0.3, -0.25) is 4.79 Å². The lowest BCUT2D eigenvalue weighted by Crippen LogP contribution is -2.36. The van der Waals surface area contributed by atoms with E-state index in [4.69, 9.17) is 9.15 Å². The third-order valence-corrected chi connectivity index (χ3v) is 4.31. The van der Waals surface area contributed by atoms with E-state index in [2.05, 4.69) is 15.5 Å². The summed E-state index contributed by atoms with van der Waals surface area (Å²) in [6.07, 6.45) is -0.105. The molecule has 152 valence electrons. The minimum atomic E-state index is -0.621. The molecule has 1 aromatic carbocycles. The molecule has 0 unspecified atom stereocenters. The molecule has 8 nitrogen and oxygen atoms in total. The first-order valence-corrected chi connectivity index (χ1v) is 9.82. The highest BCUT2D eigenvalue weighted by atomic mass is 32.2. The van der Waals surface area contributed by atoms with Crippen molar-refractivity contribution in [2.75, 3.05) is 19.8 Å². The van der Waals surface area contributed by atoms with Crippen molar-refractivity contribution in [3.8, 4) is 0 Å². The van der Waals surface area contributed by atoms with Crippen LogP contribution in [0.1, 0.15) is 38.3 Å². The van der Waals surface area contributed by atoms with Crippen molar-refractivity contribution >= 4 is 23.8 Å². The highest BCUT2D eigenvalue weighted by Gasteiger charge is 2.25. The van der Waals surface area contributed by atoms with E-state index in [9.17, 15) is 9.59 Å². The van der Waals surface area contributed by atoms with Crippen LogP contribution in [0.2, 0.25) is 0 Å². The minimum Gasteiger partial charge on any atom is -0.444 e. The van der Waals surface area contributed by atoms with Crippen LogP contribution in [0.5, 0.6) is 0 Å². The van der Waals surface area contributed by atoms with E-state index in [-0.39, 0.29) is 22.8 Å². The lowest BCUT2D eigenvalue weighted by atomic mass is 10.1. The number of amides is 2.